The van der Waals surface area contributed by atoms with Crippen molar-refractivity contribution in [3.63, 3.8) is 0 Å². The van der Waals surface area contributed by atoms with E-state index in [4.69, 9.17) is 9.47 Å². The van der Waals surface area contributed by atoms with Gasteiger partial charge in [-0.05, 0) is 51.7 Å². The Balaban J connectivity index is 3.00. The molecule has 0 aliphatic carbocycles. The number of rotatable bonds is 9. The number of amides is 1. The van der Waals surface area contributed by atoms with Crippen molar-refractivity contribution in [1.82, 2.24) is 0 Å². The molecular formula is C20H30N2O3. The van der Waals surface area contributed by atoms with E-state index < -0.39 is 5.60 Å². The predicted molar refractivity (Wildman–Crippen MR) is 99.7 cm³/mol. The van der Waals surface area contributed by atoms with Crippen LogP contribution >= 0.6 is 0 Å². The maximum absolute atomic E-state index is 12.8. The number of hydrogen-bond donors (Lipinski definition) is 1. The quantitative estimate of drug-likeness (QED) is 0.714. The lowest BCUT2D eigenvalue weighted by Crippen LogP contribution is -2.44. The molecule has 0 fully saturated rings. The molecule has 5 heteroatoms. The van der Waals surface area contributed by atoms with Gasteiger partial charge < -0.3 is 14.8 Å². The lowest BCUT2D eigenvalue weighted by atomic mass is 9.93. The highest BCUT2D eigenvalue weighted by atomic mass is 16.5. The summed E-state index contributed by atoms with van der Waals surface area (Å²) in [6, 6.07) is 7.25. The van der Waals surface area contributed by atoms with Gasteiger partial charge in [0.25, 0.3) is 5.91 Å². The summed E-state index contributed by atoms with van der Waals surface area (Å²) in [5.41, 5.74) is -0.0853. The summed E-state index contributed by atoms with van der Waals surface area (Å²) >= 11 is 0. The van der Waals surface area contributed by atoms with Crippen LogP contribution in [-0.4, -0.2) is 24.2 Å². The van der Waals surface area contributed by atoms with Crippen LogP contribution in [0.4, 0.5) is 5.69 Å². The van der Waals surface area contributed by atoms with Crippen LogP contribution < -0.4 is 10.1 Å². The average molecular weight is 346 g/mol. The fourth-order valence-corrected chi connectivity index (χ4v) is 2.68. The van der Waals surface area contributed by atoms with Gasteiger partial charge in [0.1, 0.15) is 17.4 Å². The molecule has 5 nitrogen and oxygen atoms in total. The van der Waals surface area contributed by atoms with E-state index in [9.17, 15) is 10.1 Å². The molecule has 1 amide bonds. The Hall–Kier alpha value is -2.06. The smallest absolute Gasteiger partial charge is 0.256 e. The molecule has 2 atom stereocenters. The van der Waals surface area contributed by atoms with Crippen molar-refractivity contribution in [3.05, 3.63) is 23.8 Å². The van der Waals surface area contributed by atoms with E-state index in [1.165, 1.54) is 0 Å². The molecule has 0 saturated heterocycles. The van der Waals surface area contributed by atoms with Crippen LogP contribution in [0.2, 0.25) is 0 Å². The van der Waals surface area contributed by atoms with Gasteiger partial charge in [0.15, 0.2) is 0 Å². The molecule has 1 N–H and O–H groups in total. The largest absolute Gasteiger partial charge is 0.491 e. The van der Waals surface area contributed by atoms with Crippen LogP contribution in [-0.2, 0) is 9.53 Å². The summed E-state index contributed by atoms with van der Waals surface area (Å²) in [5.74, 6) is 0.692. The zero-order valence-electron chi connectivity index (χ0n) is 16.2. The van der Waals surface area contributed by atoms with Crippen molar-refractivity contribution in [1.29, 1.82) is 5.26 Å². The molecule has 138 valence electrons. The Morgan fingerprint density at radius 1 is 1.32 bits per heavy atom. The standard InChI is InChI=1S/C20H30N2O3/c1-7-15(5)25-17-9-10-18(16(11-17)13-21)22-19(23)20(6,24-8-2)12-14(3)4/h9-11,14-15H,7-8,12H2,1-6H3,(H,22,23)/t15-,20+/m0/s1. The van der Waals surface area contributed by atoms with Crippen molar-refractivity contribution in [2.75, 3.05) is 11.9 Å². The number of benzene rings is 1. The maximum atomic E-state index is 12.8. The van der Waals surface area contributed by atoms with Crippen molar-refractivity contribution in [3.8, 4) is 11.8 Å². The van der Waals surface area contributed by atoms with Gasteiger partial charge in [-0.15, -0.1) is 0 Å². The van der Waals surface area contributed by atoms with Crippen LogP contribution in [0.25, 0.3) is 0 Å². The van der Waals surface area contributed by atoms with Crippen molar-refractivity contribution < 1.29 is 14.3 Å². The highest BCUT2D eigenvalue weighted by Gasteiger charge is 2.35. The summed E-state index contributed by atoms with van der Waals surface area (Å²) in [6.45, 7) is 12.2. The van der Waals surface area contributed by atoms with E-state index in [0.717, 1.165) is 6.42 Å². The molecular weight excluding hydrogens is 316 g/mol. The molecule has 1 aromatic rings. The third kappa shape index (κ3) is 6.06. The summed E-state index contributed by atoms with van der Waals surface area (Å²) in [6.07, 6.45) is 1.55. The molecule has 0 aliphatic rings. The topological polar surface area (TPSA) is 71.3 Å². The number of nitrogens with one attached hydrogen (secondary N) is 1. The number of carbonyl (C=O) groups is 1. The molecule has 0 radical (unpaired) electrons. The third-order valence-electron chi connectivity index (χ3n) is 4.01. The van der Waals surface area contributed by atoms with Gasteiger partial charge in [-0.25, -0.2) is 0 Å². The molecule has 1 aromatic carbocycles. The Bertz CT molecular complexity index is 622. The molecule has 0 saturated carbocycles. The molecule has 25 heavy (non-hydrogen) atoms. The summed E-state index contributed by atoms with van der Waals surface area (Å²) in [5, 5.41) is 12.3. The zero-order valence-corrected chi connectivity index (χ0v) is 16.2. The molecule has 0 spiro atoms. The lowest BCUT2D eigenvalue weighted by Gasteiger charge is -2.30. The molecule has 0 unspecified atom stereocenters. The minimum absolute atomic E-state index is 0.0688. The van der Waals surface area contributed by atoms with Gasteiger partial charge in [0.2, 0.25) is 0 Å². The fourth-order valence-electron chi connectivity index (χ4n) is 2.68. The van der Waals surface area contributed by atoms with E-state index in [1.807, 2.05) is 34.6 Å². The Morgan fingerprint density at radius 2 is 2.00 bits per heavy atom. The fraction of sp³-hybridized carbons (Fsp3) is 0.600. The number of nitriles is 1. The van der Waals surface area contributed by atoms with Gasteiger partial charge in [0.05, 0.1) is 17.4 Å². The Morgan fingerprint density at radius 3 is 2.52 bits per heavy atom. The minimum atomic E-state index is -0.929. The van der Waals surface area contributed by atoms with Gasteiger partial charge in [0, 0.05) is 12.7 Å². The average Bonchev–Trinajstić information content (AvgIpc) is 2.55. The number of hydrogen-bond acceptors (Lipinski definition) is 4. The normalized spacial score (nSPS) is 14.5. The van der Waals surface area contributed by atoms with Gasteiger partial charge >= 0.3 is 0 Å². The second kappa shape index (κ2) is 9.43. The predicted octanol–water partition coefficient (Wildman–Crippen LogP) is 4.52. The van der Waals surface area contributed by atoms with E-state index in [-0.39, 0.29) is 12.0 Å². The third-order valence-corrected chi connectivity index (χ3v) is 4.01. The minimum Gasteiger partial charge on any atom is -0.491 e. The van der Waals surface area contributed by atoms with Crippen molar-refractivity contribution in [2.45, 2.75) is 66.1 Å². The Labute approximate surface area is 151 Å². The highest BCUT2D eigenvalue weighted by molar-refractivity contribution is 5.98. The van der Waals surface area contributed by atoms with Crippen LogP contribution in [0.5, 0.6) is 5.75 Å². The van der Waals surface area contributed by atoms with Gasteiger partial charge in [-0.2, -0.15) is 5.26 Å². The summed E-state index contributed by atoms with van der Waals surface area (Å²) < 4.78 is 11.5. The molecule has 0 heterocycles. The molecule has 1 rings (SSSR count). The molecule has 0 aliphatic heterocycles. The second-order valence-corrected chi connectivity index (χ2v) is 6.87. The Kier molecular flexibility index (Phi) is 7.92. The van der Waals surface area contributed by atoms with E-state index in [0.29, 0.717) is 35.9 Å². The van der Waals surface area contributed by atoms with E-state index in [2.05, 4.69) is 11.4 Å². The van der Waals surface area contributed by atoms with Crippen LogP contribution in [0.1, 0.15) is 59.9 Å². The highest BCUT2D eigenvalue weighted by Crippen LogP contribution is 2.27. The van der Waals surface area contributed by atoms with E-state index >= 15 is 0 Å². The van der Waals surface area contributed by atoms with Crippen LogP contribution in [0.15, 0.2) is 18.2 Å². The number of nitrogens with zero attached hydrogens (tertiary/aromatic N) is 1. The summed E-state index contributed by atoms with van der Waals surface area (Å²) in [4.78, 5) is 12.8. The molecule has 0 bridgehead atoms. The number of anilines is 1. The van der Waals surface area contributed by atoms with Crippen molar-refractivity contribution >= 4 is 11.6 Å². The van der Waals surface area contributed by atoms with Crippen LogP contribution in [0.3, 0.4) is 0 Å². The number of ether oxygens (including phenoxy) is 2. The van der Waals surface area contributed by atoms with Crippen molar-refractivity contribution in [2.24, 2.45) is 5.92 Å². The first-order valence-electron chi connectivity index (χ1n) is 8.91. The zero-order chi connectivity index (χ0) is 19.0. The monoisotopic (exact) mass is 346 g/mol. The first-order chi connectivity index (χ1) is 11.8. The van der Waals surface area contributed by atoms with Gasteiger partial charge in [-0.1, -0.05) is 20.8 Å². The lowest BCUT2D eigenvalue weighted by molar-refractivity contribution is -0.140. The SMILES string of the molecule is CCO[C@](C)(CC(C)C)C(=O)Nc1ccc(O[C@@H](C)CC)cc1C#N. The van der Waals surface area contributed by atoms with E-state index in [1.54, 1.807) is 25.1 Å². The first-order valence-corrected chi connectivity index (χ1v) is 8.91. The van der Waals surface area contributed by atoms with Crippen LogP contribution in [0, 0.1) is 17.2 Å². The first kappa shape index (κ1) is 21.0. The molecule has 0 aromatic heterocycles. The summed E-state index contributed by atoms with van der Waals surface area (Å²) in [7, 11) is 0. The van der Waals surface area contributed by atoms with Gasteiger partial charge in [-0.3, -0.25) is 4.79 Å². The number of carbonyl (C=O) groups excluding carboxylic acids is 1. The second-order valence-electron chi connectivity index (χ2n) is 6.87. The maximum Gasteiger partial charge on any atom is 0.256 e.